The molecule has 1 aliphatic rings. The largest absolute Gasteiger partial charge is 0.423 e. The van der Waals surface area contributed by atoms with Crippen molar-refractivity contribution in [3.05, 3.63) is 71.3 Å². The highest BCUT2D eigenvalue weighted by Gasteiger charge is 2.17. The molecule has 1 atom stereocenters. The van der Waals surface area contributed by atoms with Crippen molar-refractivity contribution in [1.29, 1.82) is 5.26 Å². The van der Waals surface area contributed by atoms with Gasteiger partial charge in [-0.25, -0.2) is 4.79 Å². The van der Waals surface area contributed by atoms with Gasteiger partial charge in [-0.3, -0.25) is 0 Å². The lowest BCUT2D eigenvalue weighted by Gasteiger charge is -2.24. The van der Waals surface area contributed by atoms with E-state index in [-0.39, 0.29) is 5.97 Å². The van der Waals surface area contributed by atoms with Crippen LogP contribution in [0.4, 0.5) is 0 Å². The van der Waals surface area contributed by atoms with E-state index in [1.807, 2.05) is 24.3 Å². The van der Waals surface area contributed by atoms with Crippen LogP contribution in [-0.4, -0.2) is 5.97 Å². The summed E-state index contributed by atoms with van der Waals surface area (Å²) >= 11 is 0. The van der Waals surface area contributed by atoms with E-state index in [4.69, 9.17) is 10.00 Å². The standard InChI is InChI=1S/C27H31NO2/c1-3-20(4-2)5-6-21-7-11-23(12-8-21)24-13-15-25(16-14-24)27(29)30-26-17-9-22(19-28)10-18-26/h9-11,13-18,20-21H,3-8,12H2,1-2H3. The lowest BCUT2D eigenvalue weighted by molar-refractivity contribution is 0.0734. The molecule has 0 N–H and O–H groups in total. The third-order valence-corrected chi connectivity index (χ3v) is 6.34. The summed E-state index contributed by atoms with van der Waals surface area (Å²) in [7, 11) is 0. The molecule has 2 aromatic carbocycles. The zero-order valence-electron chi connectivity index (χ0n) is 18.1. The van der Waals surface area contributed by atoms with Crippen LogP contribution in [0.3, 0.4) is 0 Å². The average molecular weight is 402 g/mol. The predicted octanol–water partition coefficient (Wildman–Crippen LogP) is 7.18. The van der Waals surface area contributed by atoms with Crippen LogP contribution >= 0.6 is 0 Å². The Balaban J connectivity index is 1.55. The Morgan fingerprint density at radius 1 is 1.10 bits per heavy atom. The SMILES string of the molecule is CCC(CC)CCC1CC=C(c2ccc(C(=O)Oc3ccc(C#N)cc3)cc2)CC1. The summed E-state index contributed by atoms with van der Waals surface area (Å²) in [5.41, 5.74) is 3.66. The number of allylic oxidation sites excluding steroid dienone is 2. The Labute approximate surface area is 180 Å². The normalized spacial score (nSPS) is 16.1. The number of hydrogen-bond donors (Lipinski definition) is 0. The van der Waals surface area contributed by atoms with Gasteiger partial charge in [0.05, 0.1) is 17.2 Å². The molecule has 2 aromatic rings. The second-order valence-electron chi connectivity index (χ2n) is 8.23. The van der Waals surface area contributed by atoms with Gasteiger partial charge in [0, 0.05) is 0 Å². The van der Waals surface area contributed by atoms with Crippen molar-refractivity contribution >= 4 is 11.5 Å². The number of nitrogens with zero attached hydrogens (tertiary/aromatic N) is 1. The van der Waals surface area contributed by atoms with E-state index in [0.717, 1.165) is 24.7 Å². The molecule has 3 nitrogen and oxygen atoms in total. The summed E-state index contributed by atoms with van der Waals surface area (Å²) in [6.45, 7) is 4.60. The number of esters is 1. The van der Waals surface area contributed by atoms with Crippen LogP contribution in [0.5, 0.6) is 5.75 Å². The van der Waals surface area contributed by atoms with Crippen LogP contribution in [0.25, 0.3) is 5.57 Å². The summed E-state index contributed by atoms with van der Waals surface area (Å²) in [5, 5.41) is 8.84. The zero-order valence-corrected chi connectivity index (χ0v) is 18.1. The maximum absolute atomic E-state index is 12.4. The minimum atomic E-state index is -0.384. The third-order valence-electron chi connectivity index (χ3n) is 6.34. The molecular weight excluding hydrogens is 370 g/mol. The van der Waals surface area contributed by atoms with Gasteiger partial charge in [-0.2, -0.15) is 5.26 Å². The molecule has 0 bridgehead atoms. The van der Waals surface area contributed by atoms with Gasteiger partial charge >= 0.3 is 5.97 Å². The van der Waals surface area contributed by atoms with Crippen molar-refractivity contribution < 1.29 is 9.53 Å². The highest BCUT2D eigenvalue weighted by molar-refractivity contribution is 5.91. The highest BCUT2D eigenvalue weighted by Crippen LogP contribution is 2.34. The fraction of sp³-hybridized carbons (Fsp3) is 0.407. The van der Waals surface area contributed by atoms with Crippen LogP contribution in [0.2, 0.25) is 0 Å². The van der Waals surface area contributed by atoms with Crippen LogP contribution < -0.4 is 4.74 Å². The van der Waals surface area contributed by atoms with Gasteiger partial charge in [0.1, 0.15) is 5.75 Å². The monoisotopic (exact) mass is 401 g/mol. The van der Waals surface area contributed by atoms with E-state index in [0.29, 0.717) is 16.9 Å². The first-order chi connectivity index (χ1) is 14.6. The highest BCUT2D eigenvalue weighted by atomic mass is 16.5. The number of carbonyl (C=O) groups is 1. The molecule has 156 valence electrons. The van der Waals surface area contributed by atoms with Crippen LogP contribution in [0.1, 0.15) is 80.3 Å². The fourth-order valence-electron chi connectivity index (χ4n) is 4.17. The van der Waals surface area contributed by atoms with E-state index in [9.17, 15) is 4.79 Å². The quantitative estimate of drug-likeness (QED) is 0.348. The molecule has 3 heteroatoms. The minimum Gasteiger partial charge on any atom is -0.423 e. The molecule has 0 heterocycles. The minimum absolute atomic E-state index is 0.384. The van der Waals surface area contributed by atoms with Gasteiger partial charge in [-0.1, -0.05) is 51.3 Å². The van der Waals surface area contributed by atoms with Crippen LogP contribution in [0, 0.1) is 23.2 Å². The van der Waals surface area contributed by atoms with Crippen LogP contribution in [-0.2, 0) is 0 Å². The van der Waals surface area contributed by atoms with E-state index in [1.54, 1.807) is 24.3 Å². The van der Waals surface area contributed by atoms with Gasteiger partial charge in [-0.05, 0) is 85.1 Å². The van der Waals surface area contributed by atoms with Gasteiger partial charge < -0.3 is 4.74 Å². The first-order valence-corrected chi connectivity index (χ1v) is 11.1. The molecular formula is C27H31NO2. The Hall–Kier alpha value is -2.86. The smallest absolute Gasteiger partial charge is 0.343 e. The summed E-state index contributed by atoms with van der Waals surface area (Å²) in [6, 6.07) is 16.3. The Morgan fingerprint density at radius 3 is 2.37 bits per heavy atom. The number of hydrogen-bond acceptors (Lipinski definition) is 3. The Kier molecular flexibility index (Phi) is 7.85. The maximum Gasteiger partial charge on any atom is 0.343 e. The van der Waals surface area contributed by atoms with E-state index < -0.39 is 0 Å². The second-order valence-corrected chi connectivity index (χ2v) is 8.23. The number of ether oxygens (including phenoxy) is 1. The van der Waals surface area contributed by atoms with Crippen LogP contribution in [0.15, 0.2) is 54.6 Å². The topological polar surface area (TPSA) is 50.1 Å². The Bertz CT molecular complexity index is 899. The lowest BCUT2D eigenvalue weighted by Crippen LogP contribution is -2.09. The third kappa shape index (κ3) is 5.83. The van der Waals surface area contributed by atoms with Crippen molar-refractivity contribution in [2.75, 3.05) is 0 Å². The lowest BCUT2D eigenvalue weighted by atomic mass is 9.82. The van der Waals surface area contributed by atoms with Gasteiger partial charge in [-0.15, -0.1) is 0 Å². The van der Waals surface area contributed by atoms with Crippen molar-refractivity contribution in [3.63, 3.8) is 0 Å². The first-order valence-electron chi connectivity index (χ1n) is 11.1. The molecule has 0 radical (unpaired) electrons. The van der Waals surface area contributed by atoms with E-state index in [2.05, 4.69) is 26.0 Å². The molecule has 0 saturated heterocycles. The van der Waals surface area contributed by atoms with Gasteiger partial charge in [0.25, 0.3) is 0 Å². The first kappa shape index (κ1) is 21.8. The number of rotatable bonds is 8. The van der Waals surface area contributed by atoms with Crippen molar-refractivity contribution in [2.45, 2.75) is 58.8 Å². The fourth-order valence-corrected chi connectivity index (χ4v) is 4.17. The van der Waals surface area contributed by atoms with E-state index >= 15 is 0 Å². The molecule has 0 spiro atoms. The molecule has 3 rings (SSSR count). The van der Waals surface area contributed by atoms with Gasteiger partial charge in [0.2, 0.25) is 0 Å². The van der Waals surface area contributed by atoms with E-state index in [1.165, 1.54) is 43.2 Å². The summed E-state index contributed by atoms with van der Waals surface area (Å²) in [5.74, 6) is 1.76. The van der Waals surface area contributed by atoms with Crippen molar-refractivity contribution in [1.82, 2.24) is 0 Å². The molecule has 1 unspecified atom stereocenters. The molecule has 1 aliphatic carbocycles. The number of carbonyl (C=O) groups excluding carboxylic acids is 1. The molecule has 0 aromatic heterocycles. The van der Waals surface area contributed by atoms with Gasteiger partial charge in [0.15, 0.2) is 0 Å². The zero-order chi connectivity index (χ0) is 21.3. The number of benzene rings is 2. The molecule has 0 saturated carbocycles. The second kappa shape index (κ2) is 10.8. The maximum atomic E-state index is 12.4. The van der Waals surface area contributed by atoms with Crippen molar-refractivity contribution in [3.8, 4) is 11.8 Å². The molecule has 0 fully saturated rings. The van der Waals surface area contributed by atoms with Crippen molar-refractivity contribution in [2.24, 2.45) is 11.8 Å². The molecule has 30 heavy (non-hydrogen) atoms. The summed E-state index contributed by atoms with van der Waals surface area (Å²) in [4.78, 5) is 12.4. The molecule has 0 aliphatic heterocycles. The summed E-state index contributed by atoms with van der Waals surface area (Å²) in [6.07, 6.45) is 11.2. The number of nitriles is 1. The summed E-state index contributed by atoms with van der Waals surface area (Å²) < 4.78 is 5.40. The predicted molar refractivity (Wildman–Crippen MR) is 121 cm³/mol. The average Bonchev–Trinajstić information content (AvgIpc) is 2.81. The Morgan fingerprint density at radius 2 is 1.80 bits per heavy atom. The molecule has 0 amide bonds.